The van der Waals surface area contributed by atoms with Gasteiger partial charge in [0.2, 0.25) is 0 Å². The molecule has 0 bridgehead atoms. The largest absolute Gasteiger partial charge is 0.490 e. The number of anilines is 1. The molecule has 116 valence electrons. The lowest BCUT2D eigenvalue weighted by molar-refractivity contribution is 0.0904. The lowest BCUT2D eigenvalue weighted by Gasteiger charge is -2.32. The van der Waals surface area contributed by atoms with Gasteiger partial charge >= 0.3 is 0 Å². The third-order valence-electron chi connectivity index (χ3n) is 4.43. The number of carbonyl (C=O) groups is 1. The van der Waals surface area contributed by atoms with Crippen molar-refractivity contribution in [3.8, 4) is 5.75 Å². The Morgan fingerprint density at radius 2 is 2.10 bits per heavy atom. The summed E-state index contributed by atoms with van der Waals surface area (Å²) in [5.41, 5.74) is 7.03. The Balaban J connectivity index is 2.15. The van der Waals surface area contributed by atoms with Gasteiger partial charge in [0.25, 0.3) is 5.91 Å². The first-order valence-electron chi connectivity index (χ1n) is 7.85. The molecule has 1 amide bonds. The van der Waals surface area contributed by atoms with Crippen molar-refractivity contribution in [2.75, 3.05) is 12.3 Å². The number of benzene rings is 1. The quantitative estimate of drug-likeness (QED) is 0.837. The van der Waals surface area contributed by atoms with E-state index in [1.54, 1.807) is 18.2 Å². The van der Waals surface area contributed by atoms with E-state index < -0.39 is 0 Å². The smallest absolute Gasteiger partial charge is 0.255 e. The van der Waals surface area contributed by atoms with E-state index in [2.05, 4.69) is 19.2 Å². The molecule has 3 atom stereocenters. The van der Waals surface area contributed by atoms with Crippen LogP contribution in [-0.4, -0.2) is 18.6 Å². The number of nitrogens with one attached hydrogen (secondary N) is 1. The van der Waals surface area contributed by atoms with Crippen LogP contribution in [0.1, 0.15) is 50.4 Å². The predicted molar refractivity (Wildman–Crippen MR) is 85.5 cm³/mol. The predicted octanol–water partition coefficient (Wildman–Crippen LogP) is 3.22. The Morgan fingerprint density at radius 3 is 2.76 bits per heavy atom. The van der Waals surface area contributed by atoms with Crippen molar-refractivity contribution >= 4 is 11.6 Å². The summed E-state index contributed by atoms with van der Waals surface area (Å²) in [7, 11) is 0. The Bertz CT molecular complexity index is 502. The number of hydrogen-bond donors (Lipinski definition) is 2. The Labute approximate surface area is 127 Å². The van der Waals surface area contributed by atoms with Crippen LogP contribution in [0.2, 0.25) is 0 Å². The van der Waals surface area contributed by atoms with Gasteiger partial charge in [-0.3, -0.25) is 4.79 Å². The molecule has 0 saturated heterocycles. The standard InChI is InChI=1S/C17H26N2O2/c1-4-19-17(20)15-8-6-13(18)10-16(15)21-14-7-5-11(2)12(3)9-14/h6,8,10-12,14H,4-5,7,9,18H2,1-3H3,(H,19,20). The lowest BCUT2D eigenvalue weighted by Crippen LogP contribution is -2.30. The molecule has 3 N–H and O–H groups in total. The maximum atomic E-state index is 12.1. The molecule has 1 aliphatic rings. The topological polar surface area (TPSA) is 64.4 Å². The molecule has 0 aliphatic heterocycles. The van der Waals surface area contributed by atoms with E-state index in [4.69, 9.17) is 10.5 Å². The fourth-order valence-electron chi connectivity index (χ4n) is 2.86. The second-order valence-electron chi connectivity index (χ2n) is 6.12. The molecule has 21 heavy (non-hydrogen) atoms. The lowest BCUT2D eigenvalue weighted by atomic mass is 9.80. The van der Waals surface area contributed by atoms with Crippen LogP contribution in [0.15, 0.2) is 18.2 Å². The zero-order valence-corrected chi connectivity index (χ0v) is 13.2. The van der Waals surface area contributed by atoms with Crippen molar-refractivity contribution in [2.24, 2.45) is 11.8 Å². The molecular formula is C17H26N2O2. The zero-order valence-electron chi connectivity index (χ0n) is 13.2. The summed E-state index contributed by atoms with van der Waals surface area (Å²) in [5.74, 6) is 1.89. The van der Waals surface area contributed by atoms with Crippen LogP contribution in [0, 0.1) is 11.8 Å². The van der Waals surface area contributed by atoms with Crippen LogP contribution in [0.25, 0.3) is 0 Å². The van der Waals surface area contributed by atoms with Gasteiger partial charge in [-0.2, -0.15) is 0 Å². The van der Waals surface area contributed by atoms with Gasteiger partial charge in [0.1, 0.15) is 5.75 Å². The van der Waals surface area contributed by atoms with E-state index in [9.17, 15) is 4.79 Å². The van der Waals surface area contributed by atoms with Gasteiger partial charge < -0.3 is 15.8 Å². The zero-order chi connectivity index (χ0) is 15.4. The Hall–Kier alpha value is -1.71. The molecule has 1 aromatic carbocycles. The first-order valence-corrected chi connectivity index (χ1v) is 7.85. The van der Waals surface area contributed by atoms with Gasteiger partial charge in [-0.05, 0) is 50.2 Å². The van der Waals surface area contributed by atoms with Crippen molar-refractivity contribution in [3.05, 3.63) is 23.8 Å². The van der Waals surface area contributed by atoms with Gasteiger partial charge in [-0.1, -0.05) is 13.8 Å². The first kappa shape index (κ1) is 15.7. The minimum absolute atomic E-state index is 0.107. The molecular weight excluding hydrogens is 264 g/mol. The van der Waals surface area contributed by atoms with Gasteiger partial charge in [0.05, 0.1) is 11.7 Å². The maximum absolute atomic E-state index is 12.1. The Morgan fingerprint density at radius 1 is 1.33 bits per heavy atom. The highest BCUT2D eigenvalue weighted by Crippen LogP contribution is 2.33. The normalized spacial score (nSPS) is 25.4. The van der Waals surface area contributed by atoms with Crippen molar-refractivity contribution in [2.45, 2.75) is 46.1 Å². The number of ether oxygens (including phenoxy) is 1. The first-order chi connectivity index (χ1) is 10.0. The fourth-order valence-corrected chi connectivity index (χ4v) is 2.86. The molecule has 2 rings (SSSR count). The number of hydrogen-bond acceptors (Lipinski definition) is 3. The third-order valence-corrected chi connectivity index (χ3v) is 4.43. The molecule has 0 radical (unpaired) electrons. The van der Waals surface area contributed by atoms with E-state index >= 15 is 0 Å². The summed E-state index contributed by atoms with van der Waals surface area (Å²) >= 11 is 0. The average molecular weight is 290 g/mol. The number of nitrogens with two attached hydrogens (primary N) is 1. The van der Waals surface area contributed by atoms with Gasteiger partial charge in [0.15, 0.2) is 0 Å². The maximum Gasteiger partial charge on any atom is 0.255 e. The van der Waals surface area contributed by atoms with Crippen molar-refractivity contribution < 1.29 is 9.53 Å². The number of amides is 1. The van der Waals surface area contributed by atoms with Crippen molar-refractivity contribution in [1.82, 2.24) is 5.32 Å². The molecule has 0 aromatic heterocycles. The second kappa shape index (κ2) is 6.83. The van der Waals surface area contributed by atoms with E-state index in [1.165, 1.54) is 6.42 Å². The molecule has 3 unspecified atom stereocenters. The molecule has 1 fully saturated rings. The molecule has 0 spiro atoms. The van der Waals surface area contributed by atoms with Crippen LogP contribution in [0.3, 0.4) is 0 Å². The monoisotopic (exact) mass is 290 g/mol. The highest BCUT2D eigenvalue weighted by molar-refractivity contribution is 5.97. The van der Waals surface area contributed by atoms with E-state index in [1.807, 2.05) is 6.92 Å². The van der Waals surface area contributed by atoms with Crippen LogP contribution < -0.4 is 15.8 Å². The minimum Gasteiger partial charge on any atom is -0.490 e. The number of rotatable bonds is 4. The molecule has 1 saturated carbocycles. The summed E-state index contributed by atoms with van der Waals surface area (Å²) in [5, 5.41) is 2.82. The van der Waals surface area contributed by atoms with Crippen LogP contribution in [0.4, 0.5) is 5.69 Å². The van der Waals surface area contributed by atoms with Gasteiger partial charge in [0, 0.05) is 18.3 Å². The number of carbonyl (C=O) groups excluding carboxylic acids is 1. The molecule has 1 aromatic rings. The SMILES string of the molecule is CCNC(=O)c1ccc(N)cc1OC1CCC(C)C(C)C1. The highest BCUT2D eigenvalue weighted by atomic mass is 16.5. The van der Waals surface area contributed by atoms with Crippen molar-refractivity contribution in [1.29, 1.82) is 0 Å². The minimum atomic E-state index is -0.107. The molecule has 1 aliphatic carbocycles. The Kier molecular flexibility index (Phi) is 5.10. The summed E-state index contributed by atoms with van der Waals surface area (Å²) in [4.78, 5) is 12.1. The van der Waals surface area contributed by atoms with Gasteiger partial charge in [-0.25, -0.2) is 0 Å². The summed E-state index contributed by atoms with van der Waals surface area (Å²) in [6.45, 7) is 7.06. The van der Waals surface area contributed by atoms with Crippen LogP contribution in [-0.2, 0) is 0 Å². The molecule has 4 heteroatoms. The second-order valence-corrected chi connectivity index (χ2v) is 6.12. The summed E-state index contributed by atoms with van der Waals surface area (Å²) < 4.78 is 6.11. The summed E-state index contributed by atoms with van der Waals surface area (Å²) in [6.07, 6.45) is 3.41. The van der Waals surface area contributed by atoms with E-state index in [0.717, 1.165) is 18.8 Å². The fraction of sp³-hybridized carbons (Fsp3) is 0.588. The van der Waals surface area contributed by atoms with E-state index in [0.29, 0.717) is 29.5 Å². The third kappa shape index (κ3) is 3.90. The average Bonchev–Trinajstić information content (AvgIpc) is 2.43. The van der Waals surface area contributed by atoms with Crippen molar-refractivity contribution in [3.63, 3.8) is 0 Å². The van der Waals surface area contributed by atoms with Crippen LogP contribution >= 0.6 is 0 Å². The highest BCUT2D eigenvalue weighted by Gasteiger charge is 2.26. The van der Waals surface area contributed by atoms with Gasteiger partial charge in [-0.15, -0.1) is 0 Å². The van der Waals surface area contributed by atoms with Crippen LogP contribution in [0.5, 0.6) is 5.75 Å². The number of nitrogen functional groups attached to an aromatic ring is 1. The molecule has 0 heterocycles. The summed E-state index contributed by atoms with van der Waals surface area (Å²) in [6, 6.07) is 5.24. The molecule has 4 nitrogen and oxygen atoms in total. The van der Waals surface area contributed by atoms with E-state index in [-0.39, 0.29) is 12.0 Å².